The summed E-state index contributed by atoms with van der Waals surface area (Å²) in [7, 11) is 0. The van der Waals surface area contributed by atoms with Crippen LogP contribution in [-0.2, 0) is 0 Å². The minimum absolute atomic E-state index is 0.147. The fourth-order valence-corrected chi connectivity index (χ4v) is 1.31. The van der Waals surface area contributed by atoms with Crippen LogP contribution in [0.3, 0.4) is 0 Å². The van der Waals surface area contributed by atoms with E-state index in [1.807, 2.05) is 6.08 Å². The van der Waals surface area contributed by atoms with Gasteiger partial charge < -0.3 is 0 Å². The van der Waals surface area contributed by atoms with E-state index >= 15 is 0 Å². The molecule has 0 aliphatic carbocycles. The molecule has 0 spiro atoms. The molecule has 2 nitrogen and oxygen atoms in total. The molecule has 0 aromatic heterocycles. The number of alkyl halides is 2. The van der Waals surface area contributed by atoms with Crippen molar-refractivity contribution in [1.29, 1.82) is 0 Å². The van der Waals surface area contributed by atoms with Crippen molar-refractivity contribution in [3.05, 3.63) is 23.9 Å². The zero-order valence-corrected chi connectivity index (χ0v) is 7.51. The fourth-order valence-electron chi connectivity index (χ4n) is 0.652. The maximum absolute atomic E-state index is 9.00. The average molecular weight is 224 g/mol. The number of allylic oxidation sites excluding steroid dienone is 2. The van der Waals surface area contributed by atoms with E-state index in [1.54, 1.807) is 12.3 Å². The van der Waals surface area contributed by atoms with Crippen molar-refractivity contribution in [2.75, 3.05) is 5.88 Å². The van der Waals surface area contributed by atoms with Gasteiger partial charge in [0.1, 0.15) is 4.95 Å². The van der Waals surface area contributed by atoms with Gasteiger partial charge >= 0.3 is 0 Å². The van der Waals surface area contributed by atoms with Crippen molar-refractivity contribution >= 4 is 27.5 Å². The van der Waals surface area contributed by atoms with Crippen LogP contribution >= 0.6 is 27.5 Å². The first kappa shape index (κ1) is 8.11. The summed E-state index contributed by atoms with van der Waals surface area (Å²) in [6.07, 6.45) is 5.18. The summed E-state index contributed by atoms with van der Waals surface area (Å²) in [5, 5.41) is 10.1. The minimum atomic E-state index is -0.147. The topological polar surface area (TPSA) is 23.5 Å². The molecular formula is C6H7BrClNO. The molecule has 0 fully saturated rings. The zero-order valence-electron chi connectivity index (χ0n) is 5.17. The Hall–Kier alpha value is 0.01000. The Morgan fingerprint density at radius 2 is 2.50 bits per heavy atom. The number of hydroxylamine groups is 2. The highest BCUT2D eigenvalue weighted by atomic mass is 79.9. The van der Waals surface area contributed by atoms with Crippen LogP contribution in [0.2, 0.25) is 0 Å². The second kappa shape index (κ2) is 3.42. The van der Waals surface area contributed by atoms with Crippen LogP contribution < -0.4 is 0 Å². The van der Waals surface area contributed by atoms with E-state index in [0.29, 0.717) is 5.88 Å². The SMILES string of the molecule is ON1C=CC(CCl)=CC1Br. The van der Waals surface area contributed by atoms with Crippen molar-refractivity contribution in [3.8, 4) is 0 Å². The van der Waals surface area contributed by atoms with E-state index in [-0.39, 0.29) is 4.95 Å². The van der Waals surface area contributed by atoms with Gasteiger partial charge in [0, 0.05) is 12.1 Å². The average Bonchev–Trinajstić information content (AvgIpc) is 1.95. The molecule has 10 heavy (non-hydrogen) atoms. The Bertz CT molecular complexity index is 181. The third-order valence-electron chi connectivity index (χ3n) is 1.20. The van der Waals surface area contributed by atoms with Crippen molar-refractivity contribution < 1.29 is 5.21 Å². The van der Waals surface area contributed by atoms with E-state index in [9.17, 15) is 0 Å². The highest BCUT2D eigenvalue weighted by Gasteiger charge is 2.10. The predicted molar refractivity (Wildman–Crippen MR) is 44.3 cm³/mol. The molecule has 1 rings (SSSR count). The Balaban J connectivity index is 2.66. The summed E-state index contributed by atoms with van der Waals surface area (Å²) in [5.41, 5.74) is 1.01. The molecule has 1 N–H and O–H groups in total. The van der Waals surface area contributed by atoms with E-state index in [4.69, 9.17) is 16.8 Å². The number of hydrogen-bond acceptors (Lipinski definition) is 2. The molecule has 4 heteroatoms. The van der Waals surface area contributed by atoms with Gasteiger partial charge in [-0.3, -0.25) is 5.21 Å². The molecular weight excluding hydrogens is 217 g/mol. The van der Waals surface area contributed by atoms with Gasteiger partial charge in [0.05, 0.1) is 0 Å². The molecule has 56 valence electrons. The fraction of sp³-hybridized carbons (Fsp3) is 0.333. The first-order chi connectivity index (χ1) is 4.74. The van der Waals surface area contributed by atoms with E-state index in [0.717, 1.165) is 10.6 Å². The smallest absolute Gasteiger partial charge is 0.129 e. The second-order valence-electron chi connectivity index (χ2n) is 1.94. The predicted octanol–water partition coefficient (Wildman–Crippen LogP) is 2.09. The molecule has 1 unspecified atom stereocenters. The lowest BCUT2D eigenvalue weighted by Crippen LogP contribution is -2.22. The molecule has 0 bridgehead atoms. The first-order valence-electron chi connectivity index (χ1n) is 2.80. The highest BCUT2D eigenvalue weighted by Crippen LogP contribution is 2.16. The molecule has 0 amide bonds. The van der Waals surface area contributed by atoms with Crippen LogP contribution in [0.4, 0.5) is 0 Å². The standard InChI is InChI=1S/C6H7BrClNO/c7-6-3-5(4-8)1-2-9(6)10/h1-3,6,10H,4H2. The van der Waals surface area contributed by atoms with E-state index in [2.05, 4.69) is 15.9 Å². The molecule has 0 saturated heterocycles. The molecule has 0 radical (unpaired) electrons. The number of halogens is 2. The lowest BCUT2D eigenvalue weighted by Gasteiger charge is -2.20. The van der Waals surface area contributed by atoms with Gasteiger partial charge in [-0.2, -0.15) is 0 Å². The van der Waals surface area contributed by atoms with Gasteiger partial charge in [-0.25, -0.2) is 5.06 Å². The summed E-state index contributed by atoms with van der Waals surface area (Å²) in [6.45, 7) is 0. The number of nitrogens with zero attached hydrogens (tertiary/aromatic N) is 1. The van der Waals surface area contributed by atoms with Gasteiger partial charge in [-0.05, 0) is 17.7 Å². The molecule has 0 aromatic rings. The maximum atomic E-state index is 9.00. The van der Waals surface area contributed by atoms with Crippen molar-refractivity contribution in [1.82, 2.24) is 5.06 Å². The molecule has 1 aliphatic rings. The van der Waals surface area contributed by atoms with Gasteiger partial charge in [0.2, 0.25) is 0 Å². The van der Waals surface area contributed by atoms with Crippen molar-refractivity contribution in [3.63, 3.8) is 0 Å². The third-order valence-corrected chi connectivity index (χ3v) is 2.19. The van der Waals surface area contributed by atoms with Crippen molar-refractivity contribution in [2.24, 2.45) is 0 Å². The maximum Gasteiger partial charge on any atom is 0.129 e. The molecule has 1 heterocycles. The lowest BCUT2D eigenvalue weighted by molar-refractivity contribution is -0.0392. The number of rotatable bonds is 1. The molecule has 1 atom stereocenters. The van der Waals surface area contributed by atoms with Gasteiger partial charge in [0.25, 0.3) is 0 Å². The van der Waals surface area contributed by atoms with Crippen LogP contribution in [-0.4, -0.2) is 21.1 Å². The minimum Gasteiger partial charge on any atom is -0.288 e. The van der Waals surface area contributed by atoms with Crippen molar-refractivity contribution in [2.45, 2.75) is 4.95 Å². The van der Waals surface area contributed by atoms with Gasteiger partial charge in [-0.1, -0.05) is 15.9 Å². The zero-order chi connectivity index (χ0) is 7.56. The Morgan fingerprint density at radius 3 is 3.00 bits per heavy atom. The Kier molecular flexibility index (Phi) is 2.77. The highest BCUT2D eigenvalue weighted by molar-refractivity contribution is 9.09. The second-order valence-corrected chi connectivity index (χ2v) is 3.15. The molecule has 0 saturated carbocycles. The Labute approximate surface area is 72.9 Å². The summed E-state index contributed by atoms with van der Waals surface area (Å²) < 4.78 is 0. The van der Waals surface area contributed by atoms with Crippen LogP contribution in [0, 0.1) is 0 Å². The number of hydrogen-bond donors (Lipinski definition) is 1. The third kappa shape index (κ3) is 1.75. The Morgan fingerprint density at radius 1 is 1.80 bits per heavy atom. The van der Waals surface area contributed by atoms with Crippen LogP contribution in [0.5, 0.6) is 0 Å². The molecule has 1 aliphatic heterocycles. The van der Waals surface area contributed by atoms with E-state index in [1.165, 1.54) is 0 Å². The first-order valence-corrected chi connectivity index (χ1v) is 4.25. The van der Waals surface area contributed by atoms with Crippen LogP contribution in [0.1, 0.15) is 0 Å². The molecule has 0 aromatic carbocycles. The summed E-state index contributed by atoms with van der Waals surface area (Å²) in [6, 6.07) is 0. The lowest BCUT2D eigenvalue weighted by atomic mass is 10.2. The normalized spacial score (nSPS) is 24.9. The monoisotopic (exact) mass is 223 g/mol. The quantitative estimate of drug-likeness (QED) is 0.545. The summed E-state index contributed by atoms with van der Waals surface area (Å²) in [4.78, 5) is -0.147. The summed E-state index contributed by atoms with van der Waals surface area (Å²) >= 11 is 8.78. The van der Waals surface area contributed by atoms with Crippen LogP contribution in [0.25, 0.3) is 0 Å². The van der Waals surface area contributed by atoms with Crippen LogP contribution in [0.15, 0.2) is 23.9 Å². The van der Waals surface area contributed by atoms with Gasteiger partial charge in [-0.15, -0.1) is 11.6 Å². The van der Waals surface area contributed by atoms with E-state index < -0.39 is 0 Å². The van der Waals surface area contributed by atoms with Gasteiger partial charge in [0.15, 0.2) is 0 Å². The largest absolute Gasteiger partial charge is 0.288 e. The summed E-state index contributed by atoms with van der Waals surface area (Å²) in [5.74, 6) is 0.479.